The highest BCUT2D eigenvalue weighted by atomic mass is 16.6. The van der Waals surface area contributed by atoms with Crippen LogP contribution in [0.5, 0.6) is 0 Å². The number of benzene rings is 3. The van der Waals surface area contributed by atoms with Gasteiger partial charge in [0.2, 0.25) is 5.91 Å². The molecular weight excluding hydrogens is 516 g/mol. The van der Waals surface area contributed by atoms with Gasteiger partial charge in [-0.05, 0) is 34.4 Å². The van der Waals surface area contributed by atoms with Crippen molar-refractivity contribution in [1.29, 1.82) is 0 Å². The van der Waals surface area contributed by atoms with Crippen molar-refractivity contribution < 1.29 is 29.2 Å². The maximum Gasteiger partial charge on any atom is 0.407 e. The van der Waals surface area contributed by atoms with Crippen LogP contribution in [0.4, 0.5) is 10.5 Å². The third kappa shape index (κ3) is 5.48. The molecule has 3 aromatic carbocycles. The SMILES string of the molecule is O=C(O)CN(CCNC(=O)OCC1c2ccccc2-c2ccccc21)C(=O)Cn1ccc2cc([N+](=O)[O-])ccc21. The Kier molecular flexibility index (Phi) is 7.45. The largest absolute Gasteiger partial charge is 0.480 e. The highest BCUT2D eigenvalue weighted by molar-refractivity contribution is 5.86. The highest BCUT2D eigenvalue weighted by Gasteiger charge is 2.29. The molecule has 1 aromatic heterocycles. The van der Waals surface area contributed by atoms with Crippen molar-refractivity contribution in [2.75, 3.05) is 26.2 Å². The third-order valence-electron chi connectivity index (χ3n) is 6.94. The van der Waals surface area contributed by atoms with E-state index in [2.05, 4.69) is 5.32 Å². The molecule has 0 radical (unpaired) electrons. The van der Waals surface area contributed by atoms with Crippen LogP contribution in [0.1, 0.15) is 17.0 Å². The Morgan fingerprint density at radius 1 is 1.00 bits per heavy atom. The van der Waals surface area contributed by atoms with Crippen LogP contribution in [0.2, 0.25) is 0 Å². The number of fused-ring (bicyclic) bond motifs is 4. The molecule has 1 aliphatic carbocycles. The minimum Gasteiger partial charge on any atom is -0.480 e. The fraction of sp³-hybridized carbons (Fsp3) is 0.207. The third-order valence-corrected chi connectivity index (χ3v) is 6.94. The van der Waals surface area contributed by atoms with Crippen molar-refractivity contribution >= 4 is 34.6 Å². The summed E-state index contributed by atoms with van der Waals surface area (Å²) in [5.41, 5.74) is 4.94. The van der Waals surface area contributed by atoms with E-state index in [0.717, 1.165) is 27.2 Å². The summed E-state index contributed by atoms with van der Waals surface area (Å²) in [6.07, 6.45) is 0.947. The number of non-ortho nitro benzene ring substituents is 1. The number of alkyl carbamates (subject to hydrolysis) is 1. The quantitative estimate of drug-likeness (QED) is 0.228. The molecule has 1 heterocycles. The van der Waals surface area contributed by atoms with Gasteiger partial charge in [-0.1, -0.05) is 48.5 Å². The van der Waals surface area contributed by atoms with Crippen molar-refractivity contribution in [3.05, 3.63) is 100 Å². The minimum absolute atomic E-state index is 0.00564. The molecule has 0 unspecified atom stereocenters. The first-order valence-corrected chi connectivity index (χ1v) is 12.6. The molecule has 0 saturated carbocycles. The second-order valence-electron chi connectivity index (χ2n) is 9.41. The van der Waals surface area contributed by atoms with Crippen LogP contribution >= 0.6 is 0 Å². The lowest BCUT2D eigenvalue weighted by atomic mass is 9.98. The molecule has 1 aliphatic rings. The zero-order chi connectivity index (χ0) is 28.2. The maximum absolute atomic E-state index is 13.0. The maximum atomic E-state index is 13.0. The molecule has 204 valence electrons. The second-order valence-corrected chi connectivity index (χ2v) is 9.41. The van der Waals surface area contributed by atoms with Crippen molar-refractivity contribution in [2.45, 2.75) is 12.5 Å². The first kappa shape index (κ1) is 26.4. The van der Waals surface area contributed by atoms with Gasteiger partial charge in [-0.15, -0.1) is 0 Å². The fourth-order valence-electron chi connectivity index (χ4n) is 5.08. The minimum atomic E-state index is -1.19. The van der Waals surface area contributed by atoms with Gasteiger partial charge in [0, 0.05) is 48.2 Å². The van der Waals surface area contributed by atoms with E-state index in [1.165, 1.54) is 12.1 Å². The number of nitrogens with zero attached hydrogens (tertiary/aromatic N) is 3. The Labute approximate surface area is 228 Å². The summed E-state index contributed by atoms with van der Waals surface area (Å²) in [6.45, 7) is -0.625. The average Bonchev–Trinajstić information content (AvgIpc) is 3.49. The van der Waals surface area contributed by atoms with E-state index < -0.39 is 29.4 Å². The standard InChI is InChI=1S/C29H26N4O7/c34-27(16-31-13-11-19-15-20(33(38)39)9-10-26(19)31)32(17-28(35)36)14-12-30-29(37)40-18-25-23-7-3-1-5-21(23)22-6-2-4-8-24(22)25/h1-11,13,15,25H,12,14,16-18H2,(H,30,37)(H,35,36). The van der Waals surface area contributed by atoms with Gasteiger partial charge in [0.15, 0.2) is 0 Å². The number of carbonyl (C=O) groups is 3. The number of aromatic nitrogens is 1. The van der Waals surface area contributed by atoms with Crippen molar-refractivity contribution in [1.82, 2.24) is 14.8 Å². The normalized spacial score (nSPS) is 12.0. The van der Waals surface area contributed by atoms with E-state index in [4.69, 9.17) is 4.74 Å². The Bertz CT molecular complexity index is 1570. The number of carboxylic acids is 1. The Morgan fingerprint density at radius 2 is 1.68 bits per heavy atom. The first-order valence-electron chi connectivity index (χ1n) is 12.6. The predicted octanol–water partition coefficient (Wildman–Crippen LogP) is 4.00. The van der Waals surface area contributed by atoms with E-state index in [9.17, 15) is 29.6 Å². The van der Waals surface area contributed by atoms with Crippen LogP contribution in [-0.2, 0) is 20.9 Å². The topological polar surface area (TPSA) is 144 Å². The smallest absolute Gasteiger partial charge is 0.407 e. The Hall–Kier alpha value is -5.19. The van der Waals surface area contributed by atoms with Gasteiger partial charge in [0.1, 0.15) is 19.7 Å². The van der Waals surface area contributed by atoms with Crippen LogP contribution < -0.4 is 5.32 Å². The molecule has 0 saturated heterocycles. The van der Waals surface area contributed by atoms with Crippen molar-refractivity contribution in [3.8, 4) is 11.1 Å². The molecule has 11 nitrogen and oxygen atoms in total. The molecule has 2 N–H and O–H groups in total. The van der Waals surface area contributed by atoms with E-state index in [1.807, 2.05) is 48.5 Å². The molecule has 11 heteroatoms. The number of hydrogen-bond acceptors (Lipinski definition) is 6. The summed E-state index contributed by atoms with van der Waals surface area (Å²) in [7, 11) is 0. The van der Waals surface area contributed by atoms with Gasteiger partial charge in [-0.3, -0.25) is 19.7 Å². The number of hydrogen-bond donors (Lipinski definition) is 2. The molecular formula is C29H26N4O7. The van der Waals surface area contributed by atoms with Gasteiger partial charge in [0.25, 0.3) is 5.69 Å². The molecule has 0 spiro atoms. The summed E-state index contributed by atoms with van der Waals surface area (Å²) in [5.74, 6) is -1.77. The van der Waals surface area contributed by atoms with E-state index in [1.54, 1.807) is 22.9 Å². The van der Waals surface area contributed by atoms with E-state index in [-0.39, 0.29) is 37.8 Å². The van der Waals surface area contributed by atoms with E-state index >= 15 is 0 Å². The summed E-state index contributed by atoms with van der Waals surface area (Å²) in [5, 5.41) is 23.5. The number of ether oxygens (including phenoxy) is 1. The van der Waals surface area contributed by atoms with Crippen LogP contribution in [-0.4, -0.2) is 63.7 Å². The number of carbonyl (C=O) groups excluding carboxylic acids is 2. The van der Waals surface area contributed by atoms with Crippen molar-refractivity contribution in [2.24, 2.45) is 0 Å². The molecule has 40 heavy (non-hydrogen) atoms. The van der Waals surface area contributed by atoms with Gasteiger partial charge in [0.05, 0.1) is 4.92 Å². The predicted molar refractivity (Wildman–Crippen MR) is 146 cm³/mol. The van der Waals surface area contributed by atoms with Crippen molar-refractivity contribution in [3.63, 3.8) is 0 Å². The van der Waals surface area contributed by atoms with Gasteiger partial charge in [-0.2, -0.15) is 0 Å². The zero-order valence-corrected chi connectivity index (χ0v) is 21.4. The van der Waals surface area contributed by atoms with Crippen LogP contribution in [0, 0.1) is 10.1 Å². The number of carboxylic acid groups (broad SMARTS) is 1. The molecule has 5 rings (SSSR count). The molecule has 0 bridgehead atoms. The molecule has 4 aromatic rings. The summed E-state index contributed by atoms with van der Waals surface area (Å²) in [6, 6.07) is 21.9. The van der Waals surface area contributed by atoms with Crippen LogP contribution in [0.3, 0.4) is 0 Å². The molecule has 0 atom stereocenters. The average molecular weight is 543 g/mol. The monoisotopic (exact) mass is 542 g/mol. The van der Waals surface area contributed by atoms with Gasteiger partial charge >= 0.3 is 12.1 Å². The fourth-order valence-corrected chi connectivity index (χ4v) is 5.08. The Morgan fingerprint density at radius 3 is 2.33 bits per heavy atom. The number of aliphatic carboxylic acids is 1. The summed E-state index contributed by atoms with van der Waals surface area (Å²) >= 11 is 0. The number of nitro groups is 1. The number of nitro benzene ring substituents is 1. The summed E-state index contributed by atoms with van der Waals surface area (Å²) in [4.78, 5) is 48.5. The molecule has 0 fully saturated rings. The van der Waals surface area contributed by atoms with E-state index in [0.29, 0.717) is 10.9 Å². The lowest BCUT2D eigenvalue weighted by Crippen LogP contribution is -2.42. The zero-order valence-electron chi connectivity index (χ0n) is 21.4. The van der Waals surface area contributed by atoms with Gasteiger partial charge in [-0.25, -0.2) is 4.79 Å². The highest BCUT2D eigenvalue weighted by Crippen LogP contribution is 2.44. The van der Waals surface area contributed by atoms with Gasteiger partial charge < -0.3 is 24.6 Å². The number of nitrogens with one attached hydrogen (secondary N) is 1. The van der Waals surface area contributed by atoms with Crippen LogP contribution in [0.15, 0.2) is 79.0 Å². The lowest BCUT2D eigenvalue weighted by Gasteiger charge is -2.21. The number of rotatable bonds is 10. The first-order chi connectivity index (χ1) is 19.3. The molecule has 0 aliphatic heterocycles. The van der Waals surface area contributed by atoms with Crippen LogP contribution in [0.25, 0.3) is 22.0 Å². The number of amides is 2. The molecule has 2 amide bonds. The summed E-state index contributed by atoms with van der Waals surface area (Å²) < 4.78 is 7.09. The second kappa shape index (κ2) is 11.3. The lowest BCUT2D eigenvalue weighted by molar-refractivity contribution is -0.384. The Balaban J connectivity index is 1.17.